The number of rotatable bonds is 6. The van der Waals surface area contributed by atoms with E-state index in [1.807, 2.05) is 24.3 Å². The van der Waals surface area contributed by atoms with E-state index in [0.29, 0.717) is 18.1 Å². The molecule has 0 fully saturated rings. The minimum atomic E-state index is -0.578. The first-order valence-electron chi connectivity index (χ1n) is 4.99. The zero-order valence-electron chi connectivity index (χ0n) is 9.24. The largest absolute Gasteiger partial charge is 0.497 e. The third kappa shape index (κ3) is 4.23. The summed E-state index contributed by atoms with van der Waals surface area (Å²) in [5.74, 6) is 0.735. The highest BCUT2D eigenvalue weighted by Gasteiger charge is 2.07. The number of nitrogens with one attached hydrogen (secondary N) is 1. The third-order valence-electron chi connectivity index (χ3n) is 2.13. The molecule has 0 aliphatic carbocycles. The zero-order valence-corrected chi connectivity index (χ0v) is 10.00. The number of methoxy groups -OCH3 is 1. The number of hydrogen-bond acceptors (Lipinski definition) is 3. The molecular formula is C12H16ClNO2. The van der Waals surface area contributed by atoms with Crippen LogP contribution in [0, 0.1) is 0 Å². The van der Waals surface area contributed by atoms with Crippen molar-refractivity contribution in [3.8, 4) is 5.75 Å². The van der Waals surface area contributed by atoms with E-state index >= 15 is 0 Å². The highest BCUT2D eigenvalue weighted by atomic mass is 35.5. The molecule has 1 aromatic carbocycles. The fourth-order valence-electron chi connectivity index (χ4n) is 1.31. The summed E-state index contributed by atoms with van der Waals surface area (Å²) in [6.45, 7) is 4.47. The van der Waals surface area contributed by atoms with Gasteiger partial charge in [-0.05, 0) is 17.7 Å². The summed E-state index contributed by atoms with van der Waals surface area (Å²) < 4.78 is 5.08. The van der Waals surface area contributed by atoms with Crippen LogP contribution in [0.3, 0.4) is 0 Å². The molecule has 2 N–H and O–H groups in total. The Morgan fingerprint density at radius 2 is 2.38 bits per heavy atom. The number of hydrogen-bond donors (Lipinski definition) is 2. The summed E-state index contributed by atoms with van der Waals surface area (Å²) in [5.41, 5.74) is 0.812. The maximum Gasteiger partial charge on any atom is 0.119 e. The lowest BCUT2D eigenvalue weighted by atomic mass is 10.1. The zero-order chi connectivity index (χ0) is 12.0. The Kier molecular flexibility index (Phi) is 5.32. The number of aliphatic hydroxyl groups excluding tert-OH is 1. The summed E-state index contributed by atoms with van der Waals surface area (Å²) in [4.78, 5) is 0. The van der Waals surface area contributed by atoms with Crippen molar-refractivity contribution in [2.24, 2.45) is 0 Å². The predicted octanol–water partition coefficient (Wildman–Crippen LogP) is 2.07. The molecule has 0 aliphatic heterocycles. The van der Waals surface area contributed by atoms with E-state index in [4.69, 9.17) is 16.3 Å². The lowest BCUT2D eigenvalue weighted by Gasteiger charge is -2.12. The molecule has 0 amide bonds. The molecule has 88 valence electrons. The van der Waals surface area contributed by atoms with Gasteiger partial charge in [0.2, 0.25) is 0 Å². The minimum absolute atomic E-state index is 0.429. The molecule has 0 aromatic heterocycles. The average molecular weight is 242 g/mol. The van der Waals surface area contributed by atoms with Crippen molar-refractivity contribution in [2.75, 3.05) is 20.2 Å². The van der Waals surface area contributed by atoms with Crippen LogP contribution in [-0.4, -0.2) is 25.3 Å². The van der Waals surface area contributed by atoms with Crippen LogP contribution in [0.4, 0.5) is 0 Å². The molecule has 1 rings (SSSR count). The number of benzene rings is 1. The van der Waals surface area contributed by atoms with Crippen LogP contribution in [0.15, 0.2) is 35.9 Å². The standard InChI is InChI=1S/C12H16ClNO2/c1-9(13)7-14-8-12(15)10-4-3-5-11(6-10)16-2/h3-6,12,14-15H,1,7-8H2,2H3. The van der Waals surface area contributed by atoms with Gasteiger partial charge in [0.15, 0.2) is 0 Å². The highest BCUT2D eigenvalue weighted by Crippen LogP contribution is 2.18. The van der Waals surface area contributed by atoms with Crippen LogP contribution in [0.5, 0.6) is 5.75 Å². The van der Waals surface area contributed by atoms with Gasteiger partial charge in [-0.2, -0.15) is 0 Å². The van der Waals surface area contributed by atoms with Gasteiger partial charge in [-0.25, -0.2) is 0 Å². The molecule has 1 aromatic rings. The van der Waals surface area contributed by atoms with Gasteiger partial charge in [-0.3, -0.25) is 0 Å². The van der Waals surface area contributed by atoms with Gasteiger partial charge in [0.25, 0.3) is 0 Å². The van der Waals surface area contributed by atoms with Crippen molar-refractivity contribution in [1.82, 2.24) is 5.32 Å². The average Bonchev–Trinajstić information content (AvgIpc) is 2.28. The fourth-order valence-corrected chi connectivity index (χ4v) is 1.41. The van der Waals surface area contributed by atoms with Gasteiger partial charge in [0.1, 0.15) is 5.75 Å². The van der Waals surface area contributed by atoms with E-state index in [1.165, 1.54) is 0 Å². The van der Waals surface area contributed by atoms with Crippen molar-refractivity contribution in [1.29, 1.82) is 0 Å². The highest BCUT2D eigenvalue weighted by molar-refractivity contribution is 6.29. The monoisotopic (exact) mass is 241 g/mol. The smallest absolute Gasteiger partial charge is 0.119 e. The van der Waals surface area contributed by atoms with E-state index in [9.17, 15) is 5.11 Å². The van der Waals surface area contributed by atoms with Crippen LogP contribution in [0.1, 0.15) is 11.7 Å². The number of aliphatic hydroxyl groups is 1. The van der Waals surface area contributed by atoms with E-state index < -0.39 is 6.10 Å². The van der Waals surface area contributed by atoms with Crippen LogP contribution >= 0.6 is 11.6 Å². The summed E-state index contributed by atoms with van der Waals surface area (Å²) in [7, 11) is 1.60. The molecule has 0 spiro atoms. The van der Waals surface area contributed by atoms with Crippen LogP contribution in [0.2, 0.25) is 0 Å². The second-order valence-electron chi connectivity index (χ2n) is 3.44. The van der Waals surface area contributed by atoms with Gasteiger partial charge >= 0.3 is 0 Å². The Bertz CT molecular complexity index is 355. The number of halogens is 1. The Morgan fingerprint density at radius 3 is 3.00 bits per heavy atom. The summed E-state index contributed by atoms with van der Waals surface area (Å²) >= 11 is 5.60. The van der Waals surface area contributed by atoms with Gasteiger partial charge < -0.3 is 15.2 Å². The first-order chi connectivity index (χ1) is 7.63. The molecule has 1 unspecified atom stereocenters. The van der Waals surface area contributed by atoms with Gasteiger partial charge in [0, 0.05) is 18.1 Å². The van der Waals surface area contributed by atoms with Crippen LogP contribution in [0.25, 0.3) is 0 Å². The molecule has 1 atom stereocenters. The second-order valence-corrected chi connectivity index (χ2v) is 3.98. The third-order valence-corrected chi connectivity index (χ3v) is 2.27. The molecule has 0 aliphatic rings. The molecular weight excluding hydrogens is 226 g/mol. The Balaban J connectivity index is 2.51. The maximum atomic E-state index is 9.86. The van der Waals surface area contributed by atoms with Gasteiger partial charge in [-0.15, -0.1) is 0 Å². The molecule has 0 radical (unpaired) electrons. The summed E-state index contributed by atoms with van der Waals surface area (Å²) in [6, 6.07) is 7.34. The van der Waals surface area contributed by atoms with Crippen molar-refractivity contribution in [2.45, 2.75) is 6.10 Å². The van der Waals surface area contributed by atoms with Crippen LogP contribution in [-0.2, 0) is 0 Å². The van der Waals surface area contributed by atoms with Crippen molar-refractivity contribution >= 4 is 11.6 Å². The maximum absolute atomic E-state index is 9.86. The Labute approximate surface area is 101 Å². The first-order valence-corrected chi connectivity index (χ1v) is 5.37. The summed E-state index contributed by atoms with van der Waals surface area (Å²) in [6.07, 6.45) is -0.578. The van der Waals surface area contributed by atoms with Crippen molar-refractivity contribution in [3.63, 3.8) is 0 Å². The Hall–Kier alpha value is -1.03. The van der Waals surface area contributed by atoms with E-state index in [-0.39, 0.29) is 0 Å². The Morgan fingerprint density at radius 1 is 1.62 bits per heavy atom. The molecule has 4 heteroatoms. The fraction of sp³-hybridized carbons (Fsp3) is 0.333. The lowest BCUT2D eigenvalue weighted by molar-refractivity contribution is 0.176. The van der Waals surface area contributed by atoms with E-state index in [2.05, 4.69) is 11.9 Å². The second kappa shape index (κ2) is 6.53. The van der Waals surface area contributed by atoms with E-state index in [0.717, 1.165) is 11.3 Å². The topological polar surface area (TPSA) is 41.5 Å². The molecule has 3 nitrogen and oxygen atoms in total. The molecule has 0 heterocycles. The quantitative estimate of drug-likeness (QED) is 0.801. The van der Waals surface area contributed by atoms with Crippen LogP contribution < -0.4 is 10.1 Å². The molecule has 0 bridgehead atoms. The lowest BCUT2D eigenvalue weighted by Crippen LogP contribution is -2.22. The first kappa shape index (κ1) is 13.0. The summed E-state index contributed by atoms with van der Waals surface area (Å²) in [5, 5.41) is 13.4. The van der Waals surface area contributed by atoms with Crippen molar-refractivity contribution in [3.05, 3.63) is 41.4 Å². The number of ether oxygens (including phenoxy) is 1. The molecule has 0 saturated heterocycles. The normalized spacial score (nSPS) is 12.2. The van der Waals surface area contributed by atoms with Gasteiger partial charge in [0.05, 0.1) is 13.2 Å². The minimum Gasteiger partial charge on any atom is -0.497 e. The SMILES string of the molecule is C=C(Cl)CNCC(O)c1cccc(OC)c1. The van der Waals surface area contributed by atoms with Crippen molar-refractivity contribution < 1.29 is 9.84 Å². The molecule has 16 heavy (non-hydrogen) atoms. The van der Waals surface area contributed by atoms with Gasteiger partial charge in [-0.1, -0.05) is 30.3 Å². The predicted molar refractivity (Wildman–Crippen MR) is 65.8 cm³/mol. The van der Waals surface area contributed by atoms with E-state index in [1.54, 1.807) is 7.11 Å². The molecule has 0 saturated carbocycles.